The smallest absolute Gasteiger partial charge is 0.336 e. The van der Waals surface area contributed by atoms with Gasteiger partial charge < -0.3 is 4.74 Å². The van der Waals surface area contributed by atoms with E-state index in [-0.39, 0.29) is 25.0 Å². The zero-order chi connectivity index (χ0) is 10.6. The van der Waals surface area contributed by atoms with Gasteiger partial charge in [-0.15, -0.1) is 0 Å². The lowest BCUT2D eigenvalue weighted by molar-refractivity contribution is -0.140. The Hall–Kier alpha value is -0.660. The van der Waals surface area contributed by atoms with Gasteiger partial charge in [0.15, 0.2) is 0 Å². The molecule has 0 aromatic carbocycles. The molecule has 6 nitrogen and oxygen atoms in total. The van der Waals surface area contributed by atoms with Gasteiger partial charge in [0.25, 0.3) is 0 Å². The van der Waals surface area contributed by atoms with E-state index in [2.05, 4.69) is 13.6 Å². The van der Waals surface area contributed by atoms with Gasteiger partial charge in [-0.2, -0.15) is 13.1 Å². The van der Waals surface area contributed by atoms with Crippen molar-refractivity contribution >= 4 is 16.3 Å². The van der Waals surface area contributed by atoms with Crippen LogP contribution in [0.25, 0.3) is 0 Å². The summed E-state index contributed by atoms with van der Waals surface area (Å²) >= 11 is 0. The summed E-state index contributed by atoms with van der Waals surface area (Å²) in [6.07, 6.45) is 1.23. The molecule has 7 heteroatoms. The zero-order valence-corrected chi connectivity index (χ0v) is 8.67. The molecule has 0 aliphatic carbocycles. The fourth-order valence-corrected chi connectivity index (χ4v) is 2.22. The molecule has 1 unspecified atom stereocenters. The van der Waals surface area contributed by atoms with Crippen LogP contribution in [0.5, 0.6) is 0 Å². The number of hydrogen-bond acceptors (Lipinski definition) is 5. The number of methoxy groups -OCH3 is 1. The third-order valence-electron chi connectivity index (χ3n) is 1.94. The minimum absolute atomic E-state index is 0.168. The zero-order valence-electron chi connectivity index (χ0n) is 7.86. The van der Waals surface area contributed by atoms with E-state index in [1.54, 1.807) is 0 Å². The summed E-state index contributed by atoms with van der Waals surface area (Å²) in [5.41, 5.74) is 0. The second-order valence-corrected chi connectivity index (χ2v) is 4.37. The van der Waals surface area contributed by atoms with Crippen LogP contribution in [0.4, 0.5) is 0 Å². The molecule has 0 amide bonds. The number of hydrogen-bond donors (Lipinski definition) is 1. The molecule has 82 valence electrons. The Bertz CT molecular complexity index is 299. The van der Waals surface area contributed by atoms with Crippen molar-refractivity contribution in [2.24, 2.45) is 0 Å². The maximum atomic E-state index is 10.9. The van der Waals surface area contributed by atoms with Crippen molar-refractivity contribution in [3.05, 3.63) is 0 Å². The van der Waals surface area contributed by atoms with Gasteiger partial charge in [0.2, 0.25) is 0 Å². The molecular formula is C7H13NO5S. The van der Waals surface area contributed by atoms with E-state index in [1.807, 2.05) is 0 Å². The first-order valence-electron chi connectivity index (χ1n) is 4.27. The highest BCUT2D eigenvalue weighted by Crippen LogP contribution is 2.11. The normalized spacial score (nSPS) is 25.6. The van der Waals surface area contributed by atoms with Crippen LogP contribution in [-0.2, 0) is 24.0 Å². The Morgan fingerprint density at radius 2 is 2.36 bits per heavy atom. The molecule has 1 saturated heterocycles. The Kier molecular flexibility index (Phi) is 3.85. The molecule has 0 spiro atoms. The van der Waals surface area contributed by atoms with Crippen LogP contribution >= 0.6 is 0 Å². The molecular weight excluding hydrogens is 210 g/mol. The fourth-order valence-electron chi connectivity index (χ4n) is 1.19. The number of carbonyl (C=O) groups excluding carboxylic acids is 1. The third kappa shape index (κ3) is 3.60. The highest BCUT2D eigenvalue weighted by Gasteiger charge is 2.24. The van der Waals surface area contributed by atoms with Gasteiger partial charge >= 0.3 is 16.3 Å². The van der Waals surface area contributed by atoms with Gasteiger partial charge in [-0.05, 0) is 12.8 Å². The highest BCUT2D eigenvalue weighted by molar-refractivity contribution is 7.84. The standard InChI is InChI=1S/C7H13NO5S/c1-12-7(9)3-2-6-4-5-13-14(10,11)8-6/h6,8H,2-5H2,1H3. The molecule has 0 saturated carbocycles. The topological polar surface area (TPSA) is 81.7 Å². The maximum absolute atomic E-state index is 10.9. The van der Waals surface area contributed by atoms with E-state index in [9.17, 15) is 13.2 Å². The molecule has 0 bridgehead atoms. The van der Waals surface area contributed by atoms with Crippen LogP contribution in [0.3, 0.4) is 0 Å². The van der Waals surface area contributed by atoms with Gasteiger partial charge in [-0.3, -0.25) is 8.98 Å². The van der Waals surface area contributed by atoms with Gasteiger partial charge in [-0.1, -0.05) is 0 Å². The van der Waals surface area contributed by atoms with Crippen molar-refractivity contribution in [3.8, 4) is 0 Å². The van der Waals surface area contributed by atoms with Crippen LogP contribution in [0.1, 0.15) is 19.3 Å². The summed E-state index contributed by atoms with van der Waals surface area (Å²) in [5, 5.41) is 0. The van der Waals surface area contributed by atoms with E-state index in [0.29, 0.717) is 12.8 Å². The van der Waals surface area contributed by atoms with E-state index >= 15 is 0 Å². The van der Waals surface area contributed by atoms with Crippen molar-refractivity contribution in [2.45, 2.75) is 25.3 Å². The summed E-state index contributed by atoms with van der Waals surface area (Å²) in [4.78, 5) is 10.8. The fraction of sp³-hybridized carbons (Fsp3) is 0.857. The largest absolute Gasteiger partial charge is 0.469 e. The predicted octanol–water partition coefficient (Wildman–Crippen LogP) is -0.437. The minimum Gasteiger partial charge on any atom is -0.469 e. The number of ether oxygens (including phenoxy) is 1. The molecule has 1 aliphatic rings. The molecule has 0 radical (unpaired) electrons. The predicted molar refractivity (Wildman–Crippen MR) is 47.7 cm³/mol. The quantitative estimate of drug-likeness (QED) is 0.656. The van der Waals surface area contributed by atoms with E-state index in [0.717, 1.165) is 0 Å². The van der Waals surface area contributed by atoms with Gasteiger partial charge in [-0.25, -0.2) is 0 Å². The van der Waals surface area contributed by atoms with Gasteiger partial charge in [0.05, 0.1) is 13.7 Å². The summed E-state index contributed by atoms with van der Waals surface area (Å²) in [6, 6.07) is -0.229. The molecule has 1 aliphatic heterocycles. The lowest BCUT2D eigenvalue weighted by Crippen LogP contribution is -2.41. The van der Waals surface area contributed by atoms with Crippen molar-refractivity contribution in [3.63, 3.8) is 0 Å². The van der Waals surface area contributed by atoms with E-state index < -0.39 is 10.3 Å². The third-order valence-corrected chi connectivity index (χ3v) is 3.04. The Labute approximate surface area is 82.8 Å². The molecule has 1 heterocycles. The van der Waals surface area contributed by atoms with Crippen molar-refractivity contribution in [1.82, 2.24) is 4.72 Å². The number of rotatable bonds is 3. The van der Waals surface area contributed by atoms with Crippen LogP contribution in [-0.4, -0.2) is 34.1 Å². The van der Waals surface area contributed by atoms with Gasteiger partial charge in [0.1, 0.15) is 0 Å². The van der Waals surface area contributed by atoms with Crippen molar-refractivity contribution < 1.29 is 22.1 Å². The van der Waals surface area contributed by atoms with Gasteiger partial charge in [0, 0.05) is 12.5 Å². The van der Waals surface area contributed by atoms with E-state index in [1.165, 1.54) is 7.11 Å². The lowest BCUT2D eigenvalue weighted by atomic mass is 10.1. The second-order valence-electron chi connectivity index (χ2n) is 2.99. The summed E-state index contributed by atoms with van der Waals surface area (Å²) < 4.78 is 33.1. The Morgan fingerprint density at radius 1 is 1.64 bits per heavy atom. The van der Waals surface area contributed by atoms with Crippen molar-refractivity contribution in [1.29, 1.82) is 0 Å². The maximum Gasteiger partial charge on any atom is 0.336 e. The molecule has 0 aromatic rings. The average Bonchev–Trinajstić information content (AvgIpc) is 2.12. The average molecular weight is 223 g/mol. The Balaban J connectivity index is 2.35. The number of carbonyl (C=O) groups is 1. The van der Waals surface area contributed by atoms with Crippen LogP contribution < -0.4 is 4.72 Å². The summed E-state index contributed by atoms with van der Waals surface area (Å²) in [7, 11) is -2.29. The molecule has 1 fully saturated rings. The molecule has 1 N–H and O–H groups in total. The second kappa shape index (κ2) is 4.72. The molecule has 1 atom stereocenters. The van der Waals surface area contributed by atoms with Crippen LogP contribution in [0, 0.1) is 0 Å². The summed E-state index contributed by atoms with van der Waals surface area (Å²) in [6.45, 7) is 0.168. The first-order chi connectivity index (χ1) is 6.53. The van der Waals surface area contributed by atoms with Crippen LogP contribution in [0.15, 0.2) is 0 Å². The number of esters is 1. The highest BCUT2D eigenvalue weighted by atomic mass is 32.2. The lowest BCUT2D eigenvalue weighted by Gasteiger charge is -2.22. The van der Waals surface area contributed by atoms with Crippen molar-refractivity contribution in [2.75, 3.05) is 13.7 Å². The molecule has 0 aromatic heterocycles. The SMILES string of the molecule is COC(=O)CCC1CCOS(=O)(=O)N1. The van der Waals surface area contributed by atoms with Crippen LogP contribution in [0.2, 0.25) is 0 Å². The number of nitrogens with one attached hydrogen (secondary N) is 1. The first kappa shape index (κ1) is 11.4. The molecule has 1 rings (SSSR count). The first-order valence-corrected chi connectivity index (χ1v) is 5.68. The Morgan fingerprint density at radius 3 is 2.93 bits per heavy atom. The molecule has 14 heavy (non-hydrogen) atoms. The summed E-state index contributed by atoms with van der Waals surface area (Å²) in [5.74, 6) is -0.337. The minimum atomic E-state index is -3.59. The van der Waals surface area contributed by atoms with E-state index in [4.69, 9.17) is 0 Å². The monoisotopic (exact) mass is 223 g/mol.